The van der Waals surface area contributed by atoms with E-state index in [1.165, 1.54) is 0 Å². The lowest BCUT2D eigenvalue weighted by molar-refractivity contribution is 0.0952. The molecule has 0 atom stereocenters. The maximum atomic E-state index is 12.0. The maximum Gasteiger partial charge on any atom is 0.251 e. The van der Waals surface area contributed by atoms with Crippen molar-refractivity contribution in [3.8, 4) is 11.8 Å². The van der Waals surface area contributed by atoms with Crippen molar-refractivity contribution in [2.75, 3.05) is 33.7 Å². The molecule has 0 fully saturated rings. The first-order valence-corrected chi connectivity index (χ1v) is 6.77. The SMILES string of the molecule is Cc1ccc(C(=O)NCCCN(C)C)cc1C#CCN. The molecule has 1 aromatic rings. The van der Waals surface area contributed by atoms with Crippen LogP contribution in [0.1, 0.15) is 27.9 Å². The maximum absolute atomic E-state index is 12.0. The van der Waals surface area contributed by atoms with Crippen LogP contribution in [0, 0.1) is 18.8 Å². The topological polar surface area (TPSA) is 58.4 Å². The van der Waals surface area contributed by atoms with Crippen molar-refractivity contribution < 1.29 is 4.79 Å². The van der Waals surface area contributed by atoms with Crippen LogP contribution in [-0.2, 0) is 0 Å². The van der Waals surface area contributed by atoms with Crippen molar-refractivity contribution in [3.05, 3.63) is 34.9 Å². The van der Waals surface area contributed by atoms with E-state index in [0.29, 0.717) is 18.7 Å². The minimum atomic E-state index is -0.0560. The summed E-state index contributed by atoms with van der Waals surface area (Å²) >= 11 is 0. The normalized spacial score (nSPS) is 10.1. The van der Waals surface area contributed by atoms with Crippen molar-refractivity contribution in [1.82, 2.24) is 10.2 Å². The molecule has 108 valence electrons. The standard InChI is InChI=1S/C16H23N3O/c1-13-7-8-15(12-14(13)6-4-9-17)16(20)18-10-5-11-19(2)3/h7-8,12H,5,9-11,17H2,1-3H3,(H,18,20). The van der Waals surface area contributed by atoms with E-state index in [9.17, 15) is 4.79 Å². The highest BCUT2D eigenvalue weighted by molar-refractivity contribution is 5.94. The first-order valence-electron chi connectivity index (χ1n) is 6.77. The third kappa shape index (κ3) is 5.43. The van der Waals surface area contributed by atoms with Gasteiger partial charge in [0, 0.05) is 17.7 Å². The Bertz CT molecular complexity index is 512. The Morgan fingerprint density at radius 3 is 2.80 bits per heavy atom. The van der Waals surface area contributed by atoms with E-state index in [2.05, 4.69) is 22.1 Å². The van der Waals surface area contributed by atoms with Crippen LogP contribution in [0.2, 0.25) is 0 Å². The van der Waals surface area contributed by atoms with Crippen LogP contribution < -0.4 is 11.1 Å². The highest BCUT2D eigenvalue weighted by Crippen LogP contribution is 2.10. The minimum Gasteiger partial charge on any atom is -0.352 e. The van der Waals surface area contributed by atoms with Gasteiger partial charge in [-0.2, -0.15) is 0 Å². The molecule has 0 unspecified atom stereocenters. The molecule has 4 heteroatoms. The molecule has 0 saturated carbocycles. The number of aryl methyl sites for hydroxylation is 1. The number of carbonyl (C=O) groups excluding carboxylic acids is 1. The molecule has 0 saturated heterocycles. The van der Waals surface area contributed by atoms with Crippen molar-refractivity contribution in [2.45, 2.75) is 13.3 Å². The summed E-state index contributed by atoms with van der Waals surface area (Å²) in [4.78, 5) is 14.1. The van der Waals surface area contributed by atoms with Crippen molar-refractivity contribution in [1.29, 1.82) is 0 Å². The predicted molar refractivity (Wildman–Crippen MR) is 82.6 cm³/mol. The molecule has 0 aliphatic rings. The monoisotopic (exact) mass is 273 g/mol. The fourth-order valence-electron chi connectivity index (χ4n) is 1.74. The predicted octanol–water partition coefficient (Wildman–Crippen LogP) is 0.987. The summed E-state index contributed by atoms with van der Waals surface area (Å²) in [7, 11) is 4.04. The Hall–Kier alpha value is -1.83. The lowest BCUT2D eigenvalue weighted by Crippen LogP contribution is -2.27. The van der Waals surface area contributed by atoms with Crippen LogP contribution in [0.4, 0.5) is 0 Å². The van der Waals surface area contributed by atoms with E-state index < -0.39 is 0 Å². The lowest BCUT2D eigenvalue weighted by Gasteiger charge is -2.10. The first kappa shape index (κ1) is 16.2. The van der Waals surface area contributed by atoms with Crippen LogP contribution in [0.25, 0.3) is 0 Å². The molecule has 0 bridgehead atoms. The quantitative estimate of drug-likeness (QED) is 0.621. The molecule has 0 heterocycles. The zero-order valence-corrected chi connectivity index (χ0v) is 12.5. The summed E-state index contributed by atoms with van der Waals surface area (Å²) in [5, 5.41) is 2.92. The number of carbonyl (C=O) groups is 1. The molecular formula is C16H23N3O. The van der Waals surface area contributed by atoms with Crippen LogP contribution in [-0.4, -0.2) is 44.5 Å². The molecule has 0 aliphatic heterocycles. The first-order chi connectivity index (χ1) is 9.54. The van der Waals surface area contributed by atoms with E-state index >= 15 is 0 Å². The summed E-state index contributed by atoms with van der Waals surface area (Å²) < 4.78 is 0. The summed E-state index contributed by atoms with van der Waals surface area (Å²) in [5.41, 5.74) is 7.92. The number of nitrogens with one attached hydrogen (secondary N) is 1. The second-order valence-corrected chi connectivity index (χ2v) is 4.95. The Labute approximate surface area is 121 Å². The highest BCUT2D eigenvalue weighted by Gasteiger charge is 2.06. The van der Waals surface area contributed by atoms with Crippen molar-refractivity contribution in [3.63, 3.8) is 0 Å². The number of nitrogens with zero attached hydrogens (tertiary/aromatic N) is 1. The summed E-state index contributed by atoms with van der Waals surface area (Å²) in [6, 6.07) is 5.55. The highest BCUT2D eigenvalue weighted by atomic mass is 16.1. The fraction of sp³-hybridized carbons (Fsp3) is 0.438. The molecule has 0 aromatic heterocycles. The molecule has 1 aromatic carbocycles. The van der Waals surface area contributed by atoms with Crippen LogP contribution in [0.15, 0.2) is 18.2 Å². The van der Waals surface area contributed by atoms with Crippen LogP contribution >= 0.6 is 0 Å². The number of hydrogen-bond donors (Lipinski definition) is 2. The van der Waals surface area contributed by atoms with Crippen molar-refractivity contribution >= 4 is 5.91 Å². The molecular weight excluding hydrogens is 250 g/mol. The Balaban J connectivity index is 2.64. The van der Waals surface area contributed by atoms with Gasteiger partial charge in [0.1, 0.15) is 0 Å². The third-order valence-electron chi connectivity index (χ3n) is 2.89. The zero-order chi connectivity index (χ0) is 15.0. The molecule has 1 amide bonds. The Morgan fingerprint density at radius 2 is 2.15 bits per heavy atom. The van der Waals surface area contributed by atoms with Gasteiger partial charge in [0.05, 0.1) is 6.54 Å². The Morgan fingerprint density at radius 1 is 1.40 bits per heavy atom. The van der Waals surface area contributed by atoms with Gasteiger partial charge in [-0.3, -0.25) is 4.79 Å². The Kier molecular flexibility index (Phi) is 6.78. The van der Waals surface area contributed by atoms with E-state index in [-0.39, 0.29) is 5.91 Å². The van der Waals surface area contributed by atoms with Crippen LogP contribution in [0.5, 0.6) is 0 Å². The summed E-state index contributed by atoms with van der Waals surface area (Å²) in [6.07, 6.45) is 0.935. The molecule has 3 N–H and O–H groups in total. The van der Waals surface area contributed by atoms with Gasteiger partial charge >= 0.3 is 0 Å². The lowest BCUT2D eigenvalue weighted by atomic mass is 10.0. The van der Waals surface area contributed by atoms with E-state index in [1.807, 2.05) is 39.2 Å². The average Bonchev–Trinajstić information content (AvgIpc) is 2.42. The van der Waals surface area contributed by atoms with Gasteiger partial charge in [-0.15, -0.1) is 0 Å². The second-order valence-electron chi connectivity index (χ2n) is 4.95. The van der Waals surface area contributed by atoms with Gasteiger partial charge in [0.25, 0.3) is 5.91 Å². The smallest absolute Gasteiger partial charge is 0.251 e. The zero-order valence-electron chi connectivity index (χ0n) is 12.5. The third-order valence-corrected chi connectivity index (χ3v) is 2.89. The van der Waals surface area contributed by atoms with E-state index in [0.717, 1.165) is 24.1 Å². The average molecular weight is 273 g/mol. The van der Waals surface area contributed by atoms with Gasteiger partial charge in [0.15, 0.2) is 0 Å². The van der Waals surface area contributed by atoms with Gasteiger partial charge in [-0.1, -0.05) is 17.9 Å². The molecule has 0 radical (unpaired) electrons. The van der Waals surface area contributed by atoms with Crippen LogP contribution in [0.3, 0.4) is 0 Å². The largest absolute Gasteiger partial charge is 0.352 e. The minimum absolute atomic E-state index is 0.0560. The van der Waals surface area contributed by atoms with Gasteiger partial charge in [-0.05, 0) is 51.7 Å². The number of rotatable bonds is 5. The number of benzene rings is 1. The number of nitrogens with two attached hydrogens (primary N) is 1. The molecule has 4 nitrogen and oxygen atoms in total. The number of hydrogen-bond acceptors (Lipinski definition) is 3. The molecule has 20 heavy (non-hydrogen) atoms. The molecule has 0 aliphatic carbocycles. The van der Waals surface area contributed by atoms with Gasteiger partial charge in [-0.25, -0.2) is 0 Å². The van der Waals surface area contributed by atoms with Crippen molar-refractivity contribution in [2.24, 2.45) is 5.73 Å². The number of amides is 1. The van der Waals surface area contributed by atoms with Gasteiger partial charge in [0.2, 0.25) is 0 Å². The molecule has 0 spiro atoms. The molecule has 1 rings (SSSR count). The summed E-state index contributed by atoms with van der Waals surface area (Å²) in [6.45, 7) is 3.93. The fourth-order valence-corrected chi connectivity index (χ4v) is 1.74. The van der Waals surface area contributed by atoms with E-state index in [1.54, 1.807) is 0 Å². The van der Waals surface area contributed by atoms with Gasteiger partial charge < -0.3 is 16.0 Å². The second kappa shape index (κ2) is 8.36. The summed E-state index contributed by atoms with van der Waals surface area (Å²) in [5.74, 6) is 5.75. The van der Waals surface area contributed by atoms with E-state index in [4.69, 9.17) is 5.73 Å².